The minimum Gasteiger partial charge on any atom is -0.444 e. The molecule has 0 atom stereocenters. The van der Waals surface area contributed by atoms with Crippen LogP contribution in [0.3, 0.4) is 0 Å². The molecule has 0 spiro atoms. The lowest BCUT2D eigenvalue weighted by atomic mass is 9.91. The van der Waals surface area contributed by atoms with Gasteiger partial charge in [0.2, 0.25) is 10.0 Å². The number of fused-ring (bicyclic) bond motifs is 1. The summed E-state index contributed by atoms with van der Waals surface area (Å²) < 4.78 is 47.2. The van der Waals surface area contributed by atoms with Gasteiger partial charge in [-0.1, -0.05) is 23.7 Å². The van der Waals surface area contributed by atoms with Crippen molar-refractivity contribution in [3.8, 4) is 11.1 Å². The van der Waals surface area contributed by atoms with Crippen LogP contribution in [-0.2, 0) is 21.3 Å². The highest BCUT2D eigenvalue weighted by Gasteiger charge is 2.26. The molecule has 0 radical (unpaired) electrons. The number of alkyl carbamates (subject to hydrolysis) is 1. The van der Waals surface area contributed by atoms with Crippen LogP contribution < -0.4 is 21.1 Å². The Bertz CT molecular complexity index is 1970. The summed E-state index contributed by atoms with van der Waals surface area (Å²) in [4.78, 5) is 16.8. The molecule has 11 nitrogen and oxygen atoms in total. The maximum atomic E-state index is 14.1. The van der Waals surface area contributed by atoms with E-state index in [4.69, 9.17) is 22.1 Å². The first kappa shape index (κ1) is 35.1. The predicted molar refractivity (Wildman–Crippen MR) is 188 cm³/mol. The molecule has 1 aliphatic carbocycles. The van der Waals surface area contributed by atoms with Gasteiger partial charge in [-0.15, -0.1) is 0 Å². The van der Waals surface area contributed by atoms with E-state index in [1.807, 2.05) is 58.2 Å². The van der Waals surface area contributed by atoms with Gasteiger partial charge < -0.3 is 21.1 Å². The van der Waals surface area contributed by atoms with E-state index in [1.54, 1.807) is 10.7 Å². The van der Waals surface area contributed by atoms with E-state index in [9.17, 15) is 17.6 Å². The molecule has 0 saturated heterocycles. The minimum absolute atomic E-state index is 0.0103. The third kappa shape index (κ3) is 9.03. The summed E-state index contributed by atoms with van der Waals surface area (Å²) in [6.45, 7) is 7.65. The number of carbonyl (C=O) groups is 1. The number of nitrogens with zero attached hydrogens (tertiary/aromatic N) is 3. The van der Waals surface area contributed by atoms with Gasteiger partial charge in [0.1, 0.15) is 17.3 Å². The number of aliphatic imine (C=N–C) groups is 1. The first-order valence-electron chi connectivity index (χ1n) is 15.7. The first-order chi connectivity index (χ1) is 22.5. The van der Waals surface area contributed by atoms with Gasteiger partial charge in [0, 0.05) is 36.5 Å². The van der Waals surface area contributed by atoms with Crippen molar-refractivity contribution in [3.05, 3.63) is 82.4 Å². The fourth-order valence-electron chi connectivity index (χ4n) is 5.68. The van der Waals surface area contributed by atoms with Crippen LogP contribution in [0.2, 0.25) is 5.02 Å². The minimum atomic E-state index is -3.36. The molecule has 48 heavy (non-hydrogen) atoms. The number of benzene rings is 2. The van der Waals surface area contributed by atoms with Crippen LogP contribution in [0.15, 0.2) is 59.9 Å². The van der Waals surface area contributed by atoms with Crippen LogP contribution >= 0.6 is 11.6 Å². The summed E-state index contributed by atoms with van der Waals surface area (Å²) in [6.07, 6.45) is 7.24. The Morgan fingerprint density at radius 1 is 1.12 bits per heavy atom. The van der Waals surface area contributed by atoms with E-state index in [2.05, 4.69) is 25.4 Å². The van der Waals surface area contributed by atoms with Gasteiger partial charge in [-0.3, -0.25) is 0 Å². The third-order valence-electron chi connectivity index (χ3n) is 8.01. The lowest BCUT2D eigenvalue weighted by molar-refractivity contribution is 0.0492. The van der Waals surface area contributed by atoms with Crippen molar-refractivity contribution in [2.24, 2.45) is 10.7 Å². The highest BCUT2D eigenvalue weighted by molar-refractivity contribution is 7.88. The summed E-state index contributed by atoms with van der Waals surface area (Å²) in [5, 5.41) is 11.5. The summed E-state index contributed by atoms with van der Waals surface area (Å²) in [6, 6.07) is 11.7. The van der Waals surface area contributed by atoms with Gasteiger partial charge in [-0.2, -0.15) is 5.10 Å². The van der Waals surface area contributed by atoms with E-state index in [-0.39, 0.29) is 35.2 Å². The molecule has 1 fully saturated rings. The number of amides is 1. The Morgan fingerprint density at radius 2 is 1.83 bits per heavy atom. The van der Waals surface area contributed by atoms with Crippen molar-refractivity contribution in [1.29, 1.82) is 0 Å². The number of anilines is 1. The van der Waals surface area contributed by atoms with Crippen molar-refractivity contribution < 1.29 is 22.3 Å². The molecule has 256 valence electrons. The molecule has 2 aromatic heterocycles. The fraction of sp³-hybridized carbons (Fsp3) is 0.382. The van der Waals surface area contributed by atoms with E-state index in [0.717, 1.165) is 59.7 Å². The lowest BCUT2D eigenvalue weighted by Gasteiger charge is -2.31. The second kappa shape index (κ2) is 14.1. The number of sulfonamides is 1. The molecule has 0 aliphatic heterocycles. The number of aryl methyl sites for hydroxylation is 1. The van der Waals surface area contributed by atoms with Crippen LogP contribution in [0.1, 0.15) is 63.1 Å². The number of hydrogen-bond acceptors (Lipinski definition) is 7. The van der Waals surface area contributed by atoms with Gasteiger partial charge >= 0.3 is 6.09 Å². The number of ether oxygens (including phenoxy) is 1. The number of carbonyl (C=O) groups excluding carboxylic acids is 1. The standard InChI is InChI=1S/C34H41ClFN7O4S/c1-20-6-7-21(17-39-48(5,45)46)14-26(20)22-15-30-31(40-24-9-11-25(12-10-24)41-33(44)47-34(2,3)4)27(18-38-43(30)19-22)32(37)42-29-16-23(36)8-13-28(29)35/h6-8,13-16,18-19,24-25,39-40H,9-12,17H2,1-5H3,(H2,37,42)(H,41,44). The monoisotopic (exact) mass is 697 g/mol. The van der Waals surface area contributed by atoms with Gasteiger partial charge in [0.15, 0.2) is 0 Å². The molecular weight excluding hydrogens is 657 g/mol. The molecule has 2 heterocycles. The Labute approximate surface area is 285 Å². The molecular formula is C34H41ClFN7O4S. The number of amidine groups is 1. The lowest BCUT2D eigenvalue weighted by Crippen LogP contribution is -2.42. The zero-order chi connectivity index (χ0) is 34.8. The highest BCUT2D eigenvalue weighted by Crippen LogP contribution is 2.34. The predicted octanol–water partition coefficient (Wildman–Crippen LogP) is 6.44. The maximum absolute atomic E-state index is 14.1. The van der Waals surface area contributed by atoms with Crippen molar-refractivity contribution >= 4 is 50.4 Å². The van der Waals surface area contributed by atoms with Gasteiger partial charge in [-0.05, 0) is 94.3 Å². The molecule has 1 saturated carbocycles. The van der Waals surface area contributed by atoms with Crippen molar-refractivity contribution in [2.75, 3.05) is 11.6 Å². The van der Waals surface area contributed by atoms with E-state index >= 15 is 0 Å². The molecule has 1 aliphatic rings. The topological polar surface area (TPSA) is 152 Å². The molecule has 0 bridgehead atoms. The molecule has 14 heteroatoms. The average Bonchev–Trinajstić information content (AvgIpc) is 3.43. The number of nitrogens with one attached hydrogen (secondary N) is 3. The Morgan fingerprint density at radius 3 is 2.52 bits per heavy atom. The van der Waals surface area contributed by atoms with Gasteiger partial charge in [0.25, 0.3) is 0 Å². The van der Waals surface area contributed by atoms with Crippen LogP contribution in [0.4, 0.5) is 20.6 Å². The number of nitrogens with two attached hydrogens (primary N) is 1. The fourth-order valence-corrected chi connectivity index (χ4v) is 6.27. The normalized spacial score (nSPS) is 17.4. The zero-order valence-electron chi connectivity index (χ0n) is 27.6. The maximum Gasteiger partial charge on any atom is 0.407 e. The number of halogens is 2. The zero-order valence-corrected chi connectivity index (χ0v) is 29.2. The smallest absolute Gasteiger partial charge is 0.407 e. The van der Waals surface area contributed by atoms with Crippen LogP contribution in [0, 0.1) is 12.7 Å². The SMILES string of the molecule is Cc1ccc(CNS(C)(=O)=O)cc1-c1cc2c(NC3CCC(NC(=O)OC(C)(C)C)CC3)c(C(N)=Nc3cc(F)ccc3Cl)cnn2c1. The summed E-state index contributed by atoms with van der Waals surface area (Å²) in [5.41, 5.74) is 11.7. The number of aromatic nitrogens is 2. The summed E-state index contributed by atoms with van der Waals surface area (Å²) in [5.74, 6) is -0.386. The van der Waals surface area contributed by atoms with Gasteiger partial charge in [0.05, 0.1) is 39.9 Å². The second-order valence-electron chi connectivity index (χ2n) is 13.2. The molecule has 2 aromatic carbocycles. The van der Waals surface area contributed by atoms with Crippen molar-refractivity contribution in [1.82, 2.24) is 19.7 Å². The quantitative estimate of drug-likeness (QED) is 0.116. The first-order valence-corrected chi connectivity index (χ1v) is 17.9. The van der Waals surface area contributed by atoms with Crippen LogP contribution in [0.25, 0.3) is 16.6 Å². The van der Waals surface area contributed by atoms with Crippen molar-refractivity contribution in [3.63, 3.8) is 0 Å². The third-order valence-corrected chi connectivity index (χ3v) is 9.00. The Kier molecular flexibility index (Phi) is 10.3. The second-order valence-corrected chi connectivity index (χ2v) is 15.4. The van der Waals surface area contributed by atoms with Crippen LogP contribution in [0.5, 0.6) is 0 Å². The summed E-state index contributed by atoms with van der Waals surface area (Å²) >= 11 is 6.31. The van der Waals surface area contributed by atoms with E-state index in [0.29, 0.717) is 11.3 Å². The largest absolute Gasteiger partial charge is 0.444 e. The molecule has 5 rings (SSSR count). The van der Waals surface area contributed by atoms with E-state index < -0.39 is 27.5 Å². The molecule has 1 amide bonds. The number of rotatable bonds is 9. The molecule has 5 N–H and O–H groups in total. The molecule has 0 unspecified atom stereocenters. The summed E-state index contributed by atoms with van der Waals surface area (Å²) in [7, 11) is -3.36. The van der Waals surface area contributed by atoms with Crippen molar-refractivity contribution in [2.45, 2.75) is 77.6 Å². The average molecular weight is 698 g/mol. The highest BCUT2D eigenvalue weighted by atomic mass is 35.5. The van der Waals surface area contributed by atoms with E-state index in [1.165, 1.54) is 18.2 Å². The van der Waals surface area contributed by atoms with Crippen LogP contribution in [-0.4, -0.2) is 53.9 Å². The number of hydrogen-bond donors (Lipinski definition) is 4. The Hall–Kier alpha value is -4.20. The molecule has 4 aromatic rings. The van der Waals surface area contributed by atoms with Gasteiger partial charge in [-0.25, -0.2) is 31.8 Å². The Balaban J connectivity index is 1.49.